The van der Waals surface area contributed by atoms with Crippen molar-refractivity contribution in [2.75, 3.05) is 30.0 Å². The number of fused-ring (bicyclic) bond motifs is 1. The molecule has 0 bridgehead atoms. The van der Waals surface area contributed by atoms with Crippen molar-refractivity contribution < 1.29 is 14.6 Å². The van der Waals surface area contributed by atoms with Gasteiger partial charge in [0.15, 0.2) is 6.10 Å². The van der Waals surface area contributed by atoms with Crippen LogP contribution in [0.15, 0.2) is 18.2 Å². The highest BCUT2D eigenvalue weighted by Crippen LogP contribution is 2.36. The molecule has 1 amide bonds. The van der Waals surface area contributed by atoms with Crippen molar-refractivity contribution in [2.45, 2.75) is 25.5 Å². The second kappa shape index (κ2) is 4.21. The van der Waals surface area contributed by atoms with Gasteiger partial charge < -0.3 is 20.1 Å². The molecule has 2 heterocycles. The molecule has 1 atom stereocenters. The van der Waals surface area contributed by atoms with E-state index in [1.165, 1.54) is 0 Å². The number of rotatable bonds is 1. The van der Waals surface area contributed by atoms with Crippen molar-refractivity contribution in [3.05, 3.63) is 23.8 Å². The van der Waals surface area contributed by atoms with E-state index in [0.717, 1.165) is 12.2 Å². The number of carbonyl (C=O) groups is 1. The van der Waals surface area contributed by atoms with Crippen LogP contribution >= 0.6 is 0 Å². The minimum absolute atomic E-state index is 0.0757. The lowest BCUT2D eigenvalue weighted by molar-refractivity contribution is -0.123. The summed E-state index contributed by atoms with van der Waals surface area (Å²) in [7, 11) is 0. The summed E-state index contributed by atoms with van der Waals surface area (Å²) >= 11 is 0. The van der Waals surface area contributed by atoms with Crippen molar-refractivity contribution >= 4 is 17.3 Å². The van der Waals surface area contributed by atoms with Gasteiger partial charge in [0.1, 0.15) is 0 Å². The number of amides is 1. The summed E-state index contributed by atoms with van der Waals surface area (Å²) in [5, 5.41) is 12.4. The van der Waals surface area contributed by atoms with Gasteiger partial charge in [-0.2, -0.15) is 0 Å². The Morgan fingerprint density at radius 2 is 2.26 bits per heavy atom. The second-order valence-corrected chi connectivity index (χ2v) is 5.68. The lowest BCUT2D eigenvalue weighted by Gasteiger charge is -2.44. The Balaban J connectivity index is 1.95. The normalized spacial score (nSPS) is 25.1. The number of carbonyl (C=O) groups excluding carboxylic acids is 1. The number of morpholine rings is 1. The number of anilines is 2. The maximum absolute atomic E-state index is 11.5. The van der Waals surface area contributed by atoms with Crippen LogP contribution < -0.4 is 10.2 Å². The molecule has 3 rings (SSSR count). The van der Waals surface area contributed by atoms with Crippen molar-refractivity contribution in [1.82, 2.24) is 0 Å². The molecule has 19 heavy (non-hydrogen) atoms. The molecule has 0 aliphatic carbocycles. The summed E-state index contributed by atoms with van der Waals surface area (Å²) in [6.45, 7) is 6.47. The third-order valence-electron chi connectivity index (χ3n) is 3.79. The van der Waals surface area contributed by atoms with Crippen molar-refractivity contribution in [3.63, 3.8) is 0 Å². The molecule has 0 spiro atoms. The molecule has 1 aromatic carbocycles. The number of nitrogens with zero attached hydrogens (tertiary/aromatic N) is 1. The molecule has 1 unspecified atom stereocenters. The second-order valence-electron chi connectivity index (χ2n) is 5.68. The van der Waals surface area contributed by atoms with Gasteiger partial charge in [-0.25, -0.2) is 0 Å². The Morgan fingerprint density at radius 1 is 1.47 bits per heavy atom. The van der Waals surface area contributed by atoms with E-state index >= 15 is 0 Å². The molecule has 2 aliphatic heterocycles. The van der Waals surface area contributed by atoms with Gasteiger partial charge in [-0.3, -0.25) is 4.79 Å². The zero-order valence-corrected chi connectivity index (χ0v) is 11.1. The minimum atomic E-state index is -1.04. The molecule has 1 fully saturated rings. The van der Waals surface area contributed by atoms with Crippen molar-refractivity contribution in [1.29, 1.82) is 0 Å². The average molecular weight is 262 g/mol. The van der Waals surface area contributed by atoms with Crippen LogP contribution in [0.25, 0.3) is 0 Å². The first-order valence-corrected chi connectivity index (χ1v) is 6.47. The lowest BCUT2D eigenvalue weighted by atomic mass is 10.0. The Morgan fingerprint density at radius 3 is 3.00 bits per heavy atom. The largest absolute Gasteiger partial charge is 0.378 e. The number of aliphatic hydroxyl groups is 1. The first-order valence-electron chi connectivity index (χ1n) is 6.47. The van der Waals surface area contributed by atoms with Crippen molar-refractivity contribution in [3.8, 4) is 0 Å². The topological polar surface area (TPSA) is 61.8 Å². The number of ether oxygens (including phenoxy) is 1. The Hall–Kier alpha value is -1.59. The van der Waals surface area contributed by atoms with Crippen LogP contribution in [0.5, 0.6) is 0 Å². The third-order valence-corrected chi connectivity index (χ3v) is 3.79. The van der Waals surface area contributed by atoms with Crippen LogP contribution in [0, 0.1) is 0 Å². The predicted molar refractivity (Wildman–Crippen MR) is 72.3 cm³/mol. The molecule has 1 saturated heterocycles. The maximum Gasteiger partial charge on any atom is 0.257 e. The quantitative estimate of drug-likeness (QED) is 0.800. The molecular formula is C14H18N2O3. The zero-order chi connectivity index (χ0) is 13.6. The van der Waals surface area contributed by atoms with Crippen LogP contribution in [0.2, 0.25) is 0 Å². The number of aliphatic hydroxyl groups excluding tert-OH is 1. The van der Waals surface area contributed by atoms with Crippen LogP contribution in [0.4, 0.5) is 11.4 Å². The van der Waals surface area contributed by atoms with Gasteiger partial charge in [-0.15, -0.1) is 0 Å². The summed E-state index contributed by atoms with van der Waals surface area (Å²) < 4.78 is 5.51. The first-order chi connectivity index (χ1) is 8.99. The monoisotopic (exact) mass is 262 g/mol. The standard InChI is InChI=1S/C14H18N2O3/c1-14(2)8-19-6-5-16(14)9-3-4-10-11(7-9)15-13(18)12(10)17/h3-4,7,12,17H,5-6,8H2,1-2H3,(H,15,18). The SMILES string of the molecule is CC1(C)COCCN1c1ccc2c(c1)NC(=O)C2O. The van der Waals surface area contributed by atoms with Gasteiger partial charge in [0.2, 0.25) is 0 Å². The lowest BCUT2D eigenvalue weighted by Crippen LogP contribution is -2.53. The van der Waals surface area contributed by atoms with Gasteiger partial charge in [0.05, 0.1) is 18.8 Å². The van der Waals surface area contributed by atoms with Crippen molar-refractivity contribution in [2.24, 2.45) is 0 Å². The van der Waals surface area contributed by atoms with E-state index in [1.807, 2.05) is 18.2 Å². The van der Waals surface area contributed by atoms with Crippen LogP contribution in [0.3, 0.4) is 0 Å². The fourth-order valence-electron chi connectivity index (χ4n) is 2.74. The van der Waals surface area contributed by atoms with E-state index in [-0.39, 0.29) is 11.4 Å². The first kappa shape index (κ1) is 12.4. The van der Waals surface area contributed by atoms with Gasteiger partial charge in [0, 0.05) is 23.5 Å². The van der Waals surface area contributed by atoms with E-state index in [4.69, 9.17) is 4.74 Å². The Labute approximate surface area is 112 Å². The molecular weight excluding hydrogens is 244 g/mol. The van der Waals surface area contributed by atoms with E-state index in [9.17, 15) is 9.90 Å². The van der Waals surface area contributed by atoms with E-state index in [1.54, 1.807) is 0 Å². The molecule has 5 heteroatoms. The predicted octanol–water partition coefficient (Wildman–Crippen LogP) is 1.29. The fourth-order valence-corrected chi connectivity index (χ4v) is 2.74. The fraction of sp³-hybridized carbons (Fsp3) is 0.500. The number of benzene rings is 1. The van der Waals surface area contributed by atoms with Gasteiger partial charge in [0.25, 0.3) is 5.91 Å². The highest BCUT2D eigenvalue weighted by atomic mass is 16.5. The molecule has 102 valence electrons. The number of nitrogens with one attached hydrogen (secondary N) is 1. The zero-order valence-electron chi connectivity index (χ0n) is 11.1. The summed E-state index contributed by atoms with van der Waals surface area (Å²) in [6.07, 6.45) is -1.04. The summed E-state index contributed by atoms with van der Waals surface area (Å²) in [5.74, 6) is -0.353. The molecule has 1 aromatic rings. The van der Waals surface area contributed by atoms with E-state index < -0.39 is 6.10 Å². The molecule has 0 aromatic heterocycles. The third kappa shape index (κ3) is 1.99. The van der Waals surface area contributed by atoms with Gasteiger partial charge in [-0.1, -0.05) is 6.07 Å². The van der Waals surface area contributed by atoms with E-state index in [2.05, 4.69) is 24.1 Å². The maximum atomic E-state index is 11.5. The Kier molecular flexibility index (Phi) is 2.76. The minimum Gasteiger partial charge on any atom is -0.378 e. The molecule has 2 N–H and O–H groups in total. The van der Waals surface area contributed by atoms with Crippen LogP contribution in [-0.4, -0.2) is 36.3 Å². The number of hydrogen-bond donors (Lipinski definition) is 2. The highest BCUT2D eigenvalue weighted by molar-refractivity contribution is 6.02. The number of hydrogen-bond acceptors (Lipinski definition) is 4. The Bertz CT molecular complexity index is 527. The van der Waals surface area contributed by atoms with Gasteiger partial charge >= 0.3 is 0 Å². The molecule has 0 radical (unpaired) electrons. The molecule has 5 nitrogen and oxygen atoms in total. The van der Waals surface area contributed by atoms with Crippen LogP contribution in [0.1, 0.15) is 25.5 Å². The average Bonchev–Trinajstić information content (AvgIpc) is 2.64. The van der Waals surface area contributed by atoms with E-state index in [0.29, 0.717) is 24.5 Å². The molecule has 0 saturated carbocycles. The highest BCUT2D eigenvalue weighted by Gasteiger charge is 2.33. The van der Waals surface area contributed by atoms with Crippen LogP contribution in [-0.2, 0) is 9.53 Å². The smallest absolute Gasteiger partial charge is 0.257 e. The molecule has 2 aliphatic rings. The summed E-state index contributed by atoms with van der Waals surface area (Å²) in [6, 6.07) is 5.70. The summed E-state index contributed by atoms with van der Waals surface area (Å²) in [4.78, 5) is 13.7. The van der Waals surface area contributed by atoms with Gasteiger partial charge in [-0.05, 0) is 26.0 Å². The summed E-state index contributed by atoms with van der Waals surface area (Å²) in [5.41, 5.74) is 2.33.